The van der Waals surface area contributed by atoms with Crippen molar-refractivity contribution in [1.82, 2.24) is 20.1 Å². The number of hydrogen-bond donors (Lipinski definition) is 1. The molecule has 0 saturated carbocycles. The van der Waals surface area contributed by atoms with Crippen molar-refractivity contribution < 1.29 is 4.39 Å². The molecule has 2 aliphatic heterocycles. The summed E-state index contributed by atoms with van der Waals surface area (Å²) in [6, 6.07) is 10.4. The monoisotopic (exact) mass is 400 g/mol. The van der Waals surface area contributed by atoms with Crippen LogP contribution < -0.4 is 10.2 Å². The Morgan fingerprint density at radius 2 is 1.97 bits per heavy atom. The number of nitrogens with one attached hydrogen (secondary N) is 1. The van der Waals surface area contributed by atoms with E-state index < -0.39 is 5.82 Å². The highest BCUT2D eigenvalue weighted by Crippen LogP contribution is 2.34. The lowest BCUT2D eigenvalue weighted by atomic mass is 10.0. The van der Waals surface area contributed by atoms with E-state index in [2.05, 4.69) is 27.8 Å². The van der Waals surface area contributed by atoms with E-state index in [4.69, 9.17) is 5.10 Å². The van der Waals surface area contributed by atoms with Crippen molar-refractivity contribution in [3.05, 3.63) is 65.7 Å². The molecule has 1 fully saturated rings. The summed E-state index contributed by atoms with van der Waals surface area (Å²) in [6.45, 7) is 6.62. The fourth-order valence-electron chi connectivity index (χ4n) is 4.25. The van der Waals surface area contributed by atoms with E-state index in [-0.39, 0.29) is 11.1 Å². The Labute approximate surface area is 174 Å². The van der Waals surface area contributed by atoms with Crippen molar-refractivity contribution in [1.29, 1.82) is 5.26 Å². The number of piperidine rings is 1. The quantitative estimate of drug-likeness (QED) is 0.719. The largest absolute Gasteiger partial charge is 0.379 e. The molecule has 0 unspecified atom stereocenters. The minimum atomic E-state index is -0.466. The van der Waals surface area contributed by atoms with Gasteiger partial charge >= 0.3 is 0 Å². The van der Waals surface area contributed by atoms with Crippen molar-refractivity contribution in [3.63, 3.8) is 0 Å². The number of halogens is 1. The van der Waals surface area contributed by atoms with Gasteiger partial charge in [0.25, 0.3) is 0 Å². The lowest BCUT2D eigenvalue weighted by molar-refractivity contribution is 0.571. The Morgan fingerprint density at radius 1 is 1.13 bits per heavy atom. The molecule has 0 spiro atoms. The molecule has 3 aromatic rings. The number of rotatable bonds is 3. The highest BCUT2D eigenvalue weighted by molar-refractivity contribution is 5.79. The molecule has 6 nitrogen and oxygen atoms in total. The molecule has 0 aliphatic carbocycles. The number of anilines is 1. The number of aromatic nitrogens is 3. The van der Waals surface area contributed by atoms with Crippen LogP contribution in [0.15, 0.2) is 43.1 Å². The summed E-state index contributed by atoms with van der Waals surface area (Å²) in [6.07, 6.45) is 5.52. The Hall–Kier alpha value is -3.66. The van der Waals surface area contributed by atoms with Gasteiger partial charge in [-0.25, -0.2) is 14.1 Å². The molecule has 2 aliphatic rings. The minimum Gasteiger partial charge on any atom is -0.379 e. The zero-order valence-corrected chi connectivity index (χ0v) is 16.5. The first-order chi connectivity index (χ1) is 14.7. The molecule has 4 heterocycles. The molecule has 0 radical (unpaired) electrons. The number of fused-ring (bicyclic) bond motifs is 1. The smallest absolute Gasteiger partial charge is 0.151 e. The highest BCUT2D eigenvalue weighted by Gasteiger charge is 2.25. The van der Waals surface area contributed by atoms with Gasteiger partial charge in [-0.05, 0) is 37.5 Å². The molecular formula is C23H21FN6. The van der Waals surface area contributed by atoms with Gasteiger partial charge in [0, 0.05) is 36.6 Å². The fourth-order valence-corrected chi connectivity index (χ4v) is 4.25. The van der Waals surface area contributed by atoms with Crippen molar-refractivity contribution in [3.8, 4) is 23.0 Å². The second-order valence-corrected chi connectivity index (χ2v) is 7.62. The SMILES string of the molecule is C=C1NCc2nc(-c3c(F)cccc3C#N)cc(-n3ccc(N4CCCCC4)n3)c21. The summed E-state index contributed by atoms with van der Waals surface area (Å²) in [5, 5.41) is 17.5. The third-order valence-corrected chi connectivity index (χ3v) is 5.74. The van der Waals surface area contributed by atoms with E-state index >= 15 is 0 Å². The Kier molecular flexibility index (Phi) is 4.47. The highest BCUT2D eigenvalue weighted by atomic mass is 19.1. The molecule has 1 aromatic carbocycles. The number of pyridine rings is 1. The molecule has 1 saturated heterocycles. The van der Waals surface area contributed by atoms with Gasteiger partial charge in [0.1, 0.15) is 5.82 Å². The summed E-state index contributed by atoms with van der Waals surface area (Å²) in [5.41, 5.74) is 4.09. The normalized spacial score (nSPS) is 15.6. The average Bonchev–Trinajstić information content (AvgIpc) is 3.41. The first kappa shape index (κ1) is 18.4. The average molecular weight is 400 g/mol. The maximum atomic E-state index is 14.7. The maximum Gasteiger partial charge on any atom is 0.151 e. The van der Waals surface area contributed by atoms with E-state index in [1.165, 1.54) is 31.4 Å². The van der Waals surface area contributed by atoms with Crippen LogP contribution in [0.25, 0.3) is 22.6 Å². The Bertz CT molecular complexity index is 1180. The van der Waals surface area contributed by atoms with E-state index in [9.17, 15) is 9.65 Å². The number of nitrogens with zero attached hydrogens (tertiary/aromatic N) is 5. The summed E-state index contributed by atoms with van der Waals surface area (Å²) >= 11 is 0. The van der Waals surface area contributed by atoms with Gasteiger partial charge in [-0.15, -0.1) is 0 Å². The van der Waals surface area contributed by atoms with Crippen LogP contribution in [0, 0.1) is 17.1 Å². The van der Waals surface area contributed by atoms with Crippen molar-refractivity contribution in [2.24, 2.45) is 0 Å². The zero-order chi connectivity index (χ0) is 20.7. The minimum absolute atomic E-state index is 0.213. The van der Waals surface area contributed by atoms with Gasteiger partial charge in [0.2, 0.25) is 0 Å². The van der Waals surface area contributed by atoms with Gasteiger partial charge in [0.15, 0.2) is 5.82 Å². The predicted octanol–water partition coefficient (Wildman–Crippen LogP) is 4.01. The van der Waals surface area contributed by atoms with Gasteiger partial charge < -0.3 is 10.2 Å². The van der Waals surface area contributed by atoms with Crippen molar-refractivity contribution in [2.75, 3.05) is 18.0 Å². The van der Waals surface area contributed by atoms with Crippen LogP contribution >= 0.6 is 0 Å². The number of benzene rings is 1. The summed E-state index contributed by atoms with van der Waals surface area (Å²) in [4.78, 5) is 6.95. The Morgan fingerprint density at radius 3 is 2.77 bits per heavy atom. The van der Waals surface area contributed by atoms with Gasteiger partial charge in [-0.1, -0.05) is 12.6 Å². The fraction of sp³-hybridized carbons (Fsp3) is 0.261. The second kappa shape index (κ2) is 7.30. The molecule has 0 bridgehead atoms. The predicted molar refractivity (Wildman–Crippen MR) is 113 cm³/mol. The molecule has 2 aromatic heterocycles. The molecule has 0 atom stereocenters. The van der Waals surface area contributed by atoms with Gasteiger partial charge in [-0.2, -0.15) is 10.4 Å². The van der Waals surface area contributed by atoms with Crippen LogP contribution in [0.4, 0.5) is 10.2 Å². The molecule has 0 amide bonds. The number of nitriles is 1. The lowest BCUT2D eigenvalue weighted by Gasteiger charge is -2.26. The molecule has 5 rings (SSSR count). The topological polar surface area (TPSA) is 69.8 Å². The van der Waals surface area contributed by atoms with Crippen LogP contribution in [0.5, 0.6) is 0 Å². The van der Waals surface area contributed by atoms with Crippen LogP contribution in [-0.2, 0) is 6.54 Å². The molecule has 1 N–H and O–H groups in total. The van der Waals surface area contributed by atoms with E-state index in [1.807, 2.05) is 12.3 Å². The summed E-state index contributed by atoms with van der Waals surface area (Å²) in [7, 11) is 0. The van der Waals surface area contributed by atoms with Crippen molar-refractivity contribution in [2.45, 2.75) is 25.8 Å². The van der Waals surface area contributed by atoms with Gasteiger partial charge in [0.05, 0.1) is 40.8 Å². The maximum absolute atomic E-state index is 14.7. The molecule has 7 heteroatoms. The van der Waals surface area contributed by atoms with Crippen LogP contribution in [0.3, 0.4) is 0 Å². The van der Waals surface area contributed by atoms with Gasteiger partial charge in [-0.3, -0.25) is 0 Å². The third kappa shape index (κ3) is 3.01. The van der Waals surface area contributed by atoms with Crippen LogP contribution in [0.1, 0.15) is 36.1 Å². The summed E-state index contributed by atoms with van der Waals surface area (Å²) < 4.78 is 16.5. The van der Waals surface area contributed by atoms with E-state index in [0.717, 1.165) is 41.5 Å². The standard InChI is InChI=1S/C23H21FN6/c1-15-22-19(14-26-15)27-18(23-16(13-25)6-5-7-17(23)24)12-20(22)30-11-8-21(28-30)29-9-3-2-4-10-29/h5-8,11-12,26H,1-4,9-10,14H2. The van der Waals surface area contributed by atoms with Crippen LogP contribution in [0.2, 0.25) is 0 Å². The molecule has 30 heavy (non-hydrogen) atoms. The Balaban J connectivity index is 1.65. The number of hydrogen-bond acceptors (Lipinski definition) is 5. The molecular weight excluding hydrogens is 379 g/mol. The van der Waals surface area contributed by atoms with Crippen molar-refractivity contribution >= 4 is 11.5 Å². The first-order valence-electron chi connectivity index (χ1n) is 10.1. The summed E-state index contributed by atoms with van der Waals surface area (Å²) in [5.74, 6) is 0.466. The van der Waals surface area contributed by atoms with E-state index in [1.54, 1.807) is 16.8 Å². The third-order valence-electron chi connectivity index (χ3n) is 5.74. The first-order valence-corrected chi connectivity index (χ1v) is 10.1. The van der Waals surface area contributed by atoms with Crippen LogP contribution in [-0.4, -0.2) is 27.9 Å². The lowest BCUT2D eigenvalue weighted by Crippen LogP contribution is -2.29. The molecule has 150 valence electrons. The van der Waals surface area contributed by atoms with E-state index in [0.29, 0.717) is 12.2 Å². The second-order valence-electron chi connectivity index (χ2n) is 7.62. The zero-order valence-electron chi connectivity index (χ0n) is 16.5.